The summed E-state index contributed by atoms with van der Waals surface area (Å²) in [6, 6.07) is 18.0. The van der Waals surface area contributed by atoms with Crippen LogP contribution in [0.4, 0.5) is 0 Å². The van der Waals surface area contributed by atoms with Gasteiger partial charge in [-0.15, -0.1) is 0 Å². The van der Waals surface area contributed by atoms with Crippen molar-refractivity contribution in [2.75, 3.05) is 0 Å². The van der Waals surface area contributed by atoms with Crippen molar-refractivity contribution < 1.29 is 35.4 Å². The summed E-state index contributed by atoms with van der Waals surface area (Å²) in [4.78, 5) is 13.6. The normalized spacial score (nSPS) is 10.8. The lowest BCUT2D eigenvalue weighted by atomic mass is 9.89. The topological polar surface area (TPSA) is 138 Å². The lowest BCUT2D eigenvalue weighted by molar-refractivity contribution is 0.104. The Bertz CT molecular complexity index is 1260. The van der Waals surface area contributed by atoms with Crippen molar-refractivity contribution in [3.63, 3.8) is 0 Å². The first-order valence-electron chi connectivity index (χ1n) is 9.52. The molecule has 0 aliphatic heterocycles. The van der Waals surface area contributed by atoms with Crippen LogP contribution in [-0.2, 0) is 0 Å². The molecule has 32 heavy (non-hydrogen) atoms. The number of ketones is 1. The minimum absolute atomic E-state index is 0.145. The molecule has 0 radical (unpaired) electrons. The van der Waals surface area contributed by atoms with Crippen LogP contribution < -0.4 is 0 Å². The molecular formula is C25H18O7. The van der Waals surface area contributed by atoms with Crippen molar-refractivity contribution in [2.24, 2.45) is 0 Å². The van der Waals surface area contributed by atoms with E-state index in [2.05, 4.69) is 0 Å². The number of carbonyl (C=O) groups is 1. The zero-order chi connectivity index (χ0) is 23.0. The number of phenolic OH excluding ortho intramolecular Hbond substituents is 6. The highest BCUT2D eigenvalue weighted by atomic mass is 16.3. The molecule has 0 aliphatic rings. The summed E-state index contributed by atoms with van der Waals surface area (Å²) >= 11 is 0. The maximum absolute atomic E-state index is 13.6. The van der Waals surface area contributed by atoms with Gasteiger partial charge < -0.3 is 30.6 Å². The Morgan fingerprint density at radius 3 is 1.22 bits per heavy atom. The van der Waals surface area contributed by atoms with Gasteiger partial charge in [0.1, 0.15) is 0 Å². The van der Waals surface area contributed by atoms with Crippen LogP contribution in [0, 0.1) is 0 Å². The lowest BCUT2D eigenvalue weighted by Gasteiger charge is -2.15. The minimum atomic E-state index is -0.699. The highest BCUT2D eigenvalue weighted by Gasteiger charge is 2.23. The average molecular weight is 430 g/mol. The van der Waals surface area contributed by atoms with Crippen LogP contribution in [0.5, 0.6) is 34.5 Å². The molecule has 0 fully saturated rings. The van der Waals surface area contributed by atoms with E-state index in [1.165, 1.54) is 24.3 Å². The summed E-state index contributed by atoms with van der Waals surface area (Å²) in [5.41, 5.74) is 1.32. The van der Waals surface area contributed by atoms with Gasteiger partial charge in [0, 0.05) is 22.3 Å². The number of benzene rings is 4. The second-order valence-corrected chi connectivity index (χ2v) is 7.08. The van der Waals surface area contributed by atoms with Gasteiger partial charge in [0.25, 0.3) is 0 Å². The van der Waals surface area contributed by atoms with Crippen LogP contribution in [0.3, 0.4) is 0 Å². The first kappa shape index (κ1) is 20.6. The average Bonchev–Trinajstić information content (AvgIpc) is 2.81. The molecule has 0 spiro atoms. The fraction of sp³-hybridized carbons (Fsp3) is 0. The van der Waals surface area contributed by atoms with Gasteiger partial charge in [0.05, 0.1) is 0 Å². The molecule has 6 N–H and O–H groups in total. The fourth-order valence-corrected chi connectivity index (χ4v) is 3.55. The van der Waals surface area contributed by atoms with E-state index in [-0.39, 0.29) is 22.3 Å². The summed E-state index contributed by atoms with van der Waals surface area (Å²) in [5.74, 6) is -3.98. The molecular weight excluding hydrogens is 412 g/mol. The van der Waals surface area contributed by atoms with Crippen LogP contribution in [0.25, 0.3) is 22.3 Å². The molecule has 0 saturated carbocycles. The molecule has 4 aromatic rings. The quantitative estimate of drug-likeness (QED) is 0.207. The SMILES string of the molecule is O=C(c1ccccc1-c1ccc(O)c(O)c1O)c1ccccc1-c1ccc(O)c(O)c1O. The number of phenols is 6. The van der Waals surface area contributed by atoms with Gasteiger partial charge in [0.2, 0.25) is 11.5 Å². The highest BCUT2D eigenvalue weighted by molar-refractivity contribution is 6.16. The van der Waals surface area contributed by atoms with E-state index < -0.39 is 40.3 Å². The Morgan fingerprint density at radius 2 is 0.812 bits per heavy atom. The monoisotopic (exact) mass is 430 g/mol. The summed E-state index contributed by atoms with van der Waals surface area (Å²) in [5, 5.41) is 59.7. The van der Waals surface area contributed by atoms with E-state index in [1.54, 1.807) is 48.5 Å². The smallest absolute Gasteiger partial charge is 0.200 e. The van der Waals surface area contributed by atoms with Gasteiger partial charge in [0.15, 0.2) is 28.8 Å². The maximum atomic E-state index is 13.6. The van der Waals surface area contributed by atoms with Gasteiger partial charge in [-0.2, -0.15) is 0 Å². The van der Waals surface area contributed by atoms with Crippen LogP contribution in [0.2, 0.25) is 0 Å². The zero-order valence-corrected chi connectivity index (χ0v) is 16.5. The Labute approximate surface area is 182 Å². The Morgan fingerprint density at radius 1 is 0.438 bits per heavy atom. The van der Waals surface area contributed by atoms with Gasteiger partial charge >= 0.3 is 0 Å². The molecule has 0 amide bonds. The third kappa shape index (κ3) is 3.31. The van der Waals surface area contributed by atoms with E-state index in [4.69, 9.17) is 0 Å². The van der Waals surface area contributed by atoms with Crippen molar-refractivity contribution in [1.82, 2.24) is 0 Å². The lowest BCUT2D eigenvalue weighted by Crippen LogP contribution is -2.05. The Kier molecular flexibility index (Phi) is 5.08. The maximum Gasteiger partial charge on any atom is 0.200 e. The number of hydrogen-bond acceptors (Lipinski definition) is 7. The molecule has 0 aromatic heterocycles. The largest absolute Gasteiger partial charge is 0.504 e. The van der Waals surface area contributed by atoms with Gasteiger partial charge in [-0.1, -0.05) is 48.5 Å². The van der Waals surface area contributed by atoms with Gasteiger partial charge in [-0.3, -0.25) is 4.79 Å². The molecule has 0 heterocycles. The molecule has 0 saturated heterocycles. The molecule has 0 unspecified atom stereocenters. The zero-order valence-electron chi connectivity index (χ0n) is 16.5. The van der Waals surface area contributed by atoms with Crippen molar-refractivity contribution in [3.05, 3.63) is 83.9 Å². The minimum Gasteiger partial charge on any atom is -0.504 e. The number of rotatable bonds is 4. The third-order valence-electron chi connectivity index (χ3n) is 5.18. The molecule has 7 heteroatoms. The van der Waals surface area contributed by atoms with E-state index in [9.17, 15) is 35.4 Å². The van der Waals surface area contributed by atoms with Crippen molar-refractivity contribution in [2.45, 2.75) is 0 Å². The van der Waals surface area contributed by atoms with E-state index in [0.717, 1.165) is 0 Å². The summed E-state index contributed by atoms with van der Waals surface area (Å²) in [6.07, 6.45) is 0. The summed E-state index contributed by atoms with van der Waals surface area (Å²) in [6.45, 7) is 0. The Hall–Kier alpha value is -4.65. The van der Waals surface area contributed by atoms with Gasteiger partial charge in [-0.05, 0) is 35.4 Å². The molecule has 4 rings (SSSR count). The fourth-order valence-electron chi connectivity index (χ4n) is 3.55. The number of hydrogen-bond donors (Lipinski definition) is 6. The van der Waals surface area contributed by atoms with E-state index in [0.29, 0.717) is 11.1 Å². The molecule has 4 aromatic carbocycles. The van der Waals surface area contributed by atoms with Crippen LogP contribution in [-0.4, -0.2) is 36.4 Å². The van der Waals surface area contributed by atoms with Crippen LogP contribution in [0.15, 0.2) is 72.8 Å². The van der Waals surface area contributed by atoms with Crippen LogP contribution >= 0.6 is 0 Å². The first-order valence-corrected chi connectivity index (χ1v) is 9.52. The predicted octanol–water partition coefficient (Wildman–Crippen LogP) is 4.49. The van der Waals surface area contributed by atoms with Crippen molar-refractivity contribution >= 4 is 5.78 Å². The van der Waals surface area contributed by atoms with E-state index in [1.807, 2.05) is 0 Å². The summed E-state index contributed by atoms with van der Waals surface area (Å²) in [7, 11) is 0. The number of aromatic hydroxyl groups is 6. The van der Waals surface area contributed by atoms with Gasteiger partial charge in [-0.25, -0.2) is 0 Å². The molecule has 160 valence electrons. The van der Waals surface area contributed by atoms with E-state index >= 15 is 0 Å². The second kappa shape index (κ2) is 7.88. The van der Waals surface area contributed by atoms with Crippen molar-refractivity contribution in [3.8, 4) is 56.8 Å². The Balaban J connectivity index is 1.89. The standard InChI is InChI=1S/C25H18O7/c26-19-11-9-17(22(29)24(19)31)13-5-1-3-7-15(13)21(28)16-8-4-2-6-14(16)18-10-12-20(27)25(32)23(18)30/h1-12,26-27,29-32H. The first-order chi connectivity index (χ1) is 15.3. The highest BCUT2D eigenvalue weighted by Crippen LogP contribution is 2.45. The van der Waals surface area contributed by atoms with Crippen molar-refractivity contribution in [1.29, 1.82) is 0 Å². The number of carbonyl (C=O) groups excluding carboxylic acids is 1. The third-order valence-corrected chi connectivity index (χ3v) is 5.18. The molecule has 7 nitrogen and oxygen atoms in total. The molecule has 0 atom stereocenters. The molecule has 0 bridgehead atoms. The molecule has 0 aliphatic carbocycles. The second-order valence-electron chi connectivity index (χ2n) is 7.08. The van der Waals surface area contributed by atoms with Crippen LogP contribution in [0.1, 0.15) is 15.9 Å². The predicted molar refractivity (Wildman–Crippen MR) is 117 cm³/mol. The summed E-state index contributed by atoms with van der Waals surface area (Å²) < 4.78 is 0.